The molecule has 1 aliphatic carbocycles. The third-order valence-corrected chi connectivity index (χ3v) is 2.74. The Morgan fingerprint density at radius 2 is 2.40 bits per heavy atom. The number of rotatable bonds is 3. The van der Waals surface area contributed by atoms with Gasteiger partial charge in [0.1, 0.15) is 11.9 Å². The van der Waals surface area contributed by atoms with Gasteiger partial charge >= 0.3 is 0 Å². The van der Waals surface area contributed by atoms with Gasteiger partial charge in [-0.3, -0.25) is 0 Å². The average molecular weight is 202 g/mol. The Kier molecular flexibility index (Phi) is 2.46. The number of nitrogens with zero attached hydrogens (tertiary/aromatic N) is 2. The van der Waals surface area contributed by atoms with Crippen molar-refractivity contribution in [3.63, 3.8) is 0 Å². The molecule has 15 heavy (non-hydrogen) atoms. The molecule has 0 radical (unpaired) electrons. The van der Waals surface area contributed by atoms with Crippen LogP contribution in [0.3, 0.4) is 0 Å². The molecule has 0 aromatic carbocycles. The van der Waals surface area contributed by atoms with Gasteiger partial charge in [0.15, 0.2) is 0 Å². The molecule has 0 spiro atoms. The zero-order valence-electron chi connectivity index (χ0n) is 8.70. The normalized spacial score (nSPS) is 16.8. The van der Waals surface area contributed by atoms with Gasteiger partial charge in [0.05, 0.1) is 11.3 Å². The van der Waals surface area contributed by atoms with Crippen molar-refractivity contribution in [2.45, 2.75) is 25.8 Å². The maximum atomic E-state index is 8.67. The number of anilines is 2. The van der Waals surface area contributed by atoms with E-state index in [9.17, 15) is 0 Å². The molecule has 1 unspecified atom stereocenters. The van der Waals surface area contributed by atoms with Crippen molar-refractivity contribution < 1.29 is 0 Å². The average Bonchev–Trinajstić information content (AvgIpc) is 3.04. The number of hydrogen-bond donors (Lipinski definition) is 2. The second-order valence-electron chi connectivity index (χ2n) is 4.04. The maximum Gasteiger partial charge on any atom is 0.149 e. The van der Waals surface area contributed by atoms with E-state index in [-0.39, 0.29) is 0 Å². The van der Waals surface area contributed by atoms with Crippen molar-refractivity contribution in [1.82, 2.24) is 4.98 Å². The van der Waals surface area contributed by atoms with Gasteiger partial charge < -0.3 is 11.1 Å². The molecule has 0 amide bonds. The van der Waals surface area contributed by atoms with Crippen LogP contribution in [0.25, 0.3) is 0 Å². The van der Waals surface area contributed by atoms with Crippen LogP contribution in [0.4, 0.5) is 11.5 Å². The number of pyridine rings is 1. The fourth-order valence-corrected chi connectivity index (χ4v) is 1.59. The van der Waals surface area contributed by atoms with Crippen LogP contribution >= 0.6 is 0 Å². The lowest BCUT2D eigenvalue weighted by molar-refractivity contribution is 0.691. The van der Waals surface area contributed by atoms with Crippen molar-refractivity contribution in [2.24, 2.45) is 5.92 Å². The second kappa shape index (κ2) is 3.77. The largest absolute Gasteiger partial charge is 0.396 e. The molecule has 1 aromatic heterocycles. The van der Waals surface area contributed by atoms with Crippen molar-refractivity contribution in [3.8, 4) is 6.07 Å². The van der Waals surface area contributed by atoms with Crippen LogP contribution in [0.5, 0.6) is 0 Å². The molecule has 3 N–H and O–H groups in total. The van der Waals surface area contributed by atoms with E-state index >= 15 is 0 Å². The summed E-state index contributed by atoms with van der Waals surface area (Å²) in [5, 5.41) is 11.9. The molecule has 1 aromatic rings. The van der Waals surface area contributed by atoms with Crippen LogP contribution in [0.15, 0.2) is 12.3 Å². The predicted molar refractivity (Wildman–Crippen MR) is 59.2 cm³/mol. The molecular weight excluding hydrogens is 188 g/mol. The van der Waals surface area contributed by atoms with E-state index < -0.39 is 0 Å². The highest BCUT2D eigenvalue weighted by molar-refractivity contribution is 5.63. The molecule has 1 atom stereocenters. The minimum atomic E-state index is 0.410. The summed E-state index contributed by atoms with van der Waals surface area (Å²) in [4.78, 5) is 4.14. The summed E-state index contributed by atoms with van der Waals surface area (Å²) >= 11 is 0. The van der Waals surface area contributed by atoms with E-state index in [4.69, 9.17) is 11.0 Å². The summed E-state index contributed by atoms with van der Waals surface area (Å²) in [5.41, 5.74) is 6.83. The molecule has 0 saturated heterocycles. The highest BCUT2D eigenvalue weighted by Crippen LogP contribution is 2.34. The number of aromatic nitrogens is 1. The number of nitrogens with one attached hydrogen (secondary N) is 1. The molecule has 1 heterocycles. The Balaban J connectivity index is 2.11. The number of nitrogens with two attached hydrogens (primary N) is 1. The Hall–Kier alpha value is -1.76. The highest BCUT2D eigenvalue weighted by Gasteiger charge is 2.28. The van der Waals surface area contributed by atoms with Crippen molar-refractivity contribution in [3.05, 3.63) is 17.8 Å². The van der Waals surface area contributed by atoms with E-state index in [0.29, 0.717) is 23.1 Å². The van der Waals surface area contributed by atoms with Crippen molar-refractivity contribution >= 4 is 11.5 Å². The van der Waals surface area contributed by atoms with Crippen LogP contribution < -0.4 is 11.1 Å². The van der Waals surface area contributed by atoms with Crippen LogP contribution in [-0.2, 0) is 0 Å². The number of nitriles is 1. The summed E-state index contributed by atoms with van der Waals surface area (Å²) in [7, 11) is 0. The first kappa shape index (κ1) is 9.78. The lowest BCUT2D eigenvalue weighted by Gasteiger charge is -2.14. The summed E-state index contributed by atoms with van der Waals surface area (Å²) in [5.74, 6) is 1.44. The molecule has 0 bridgehead atoms. The monoisotopic (exact) mass is 202 g/mol. The molecule has 4 nitrogen and oxygen atoms in total. The Morgan fingerprint density at radius 3 is 2.93 bits per heavy atom. The molecule has 1 fully saturated rings. The Bertz CT molecular complexity index is 404. The van der Waals surface area contributed by atoms with Crippen LogP contribution in [0, 0.1) is 17.2 Å². The first-order valence-corrected chi connectivity index (χ1v) is 5.13. The van der Waals surface area contributed by atoms with Crippen LogP contribution in [-0.4, -0.2) is 11.0 Å². The van der Waals surface area contributed by atoms with Gasteiger partial charge in [-0.1, -0.05) is 0 Å². The second-order valence-corrected chi connectivity index (χ2v) is 4.04. The minimum Gasteiger partial charge on any atom is -0.396 e. The summed E-state index contributed by atoms with van der Waals surface area (Å²) in [6, 6.07) is 4.07. The Labute approximate surface area is 89.1 Å². The number of nitrogen functional groups attached to an aromatic ring is 1. The van der Waals surface area contributed by atoms with Crippen LogP contribution in [0.1, 0.15) is 25.3 Å². The van der Waals surface area contributed by atoms with E-state index in [1.54, 1.807) is 6.07 Å². The first-order valence-electron chi connectivity index (χ1n) is 5.13. The summed E-state index contributed by atoms with van der Waals surface area (Å²) in [6.45, 7) is 2.14. The van der Waals surface area contributed by atoms with Gasteiger partial charge in [-0.05, 0) is 31.7 Å². The highest BCUT2D eigenvalue weighted by atomic mass is 15.0. The molecular formula is C11H14N4. The summed E-state index contributed by atoms with van der Waals surface area (Å²) < 4.78 is 0. The van der Waals surface area contributed by atoms with Gasteiger partial charge in [0, 0.05) is 12.2 Å². The topological polar surface area (TPSA) is 74.7 Å². The van der Waals surface area contributed by atoms with Crippen molar-refractivity contribution in [1.29, 1.82) is 5.26 Å². The molecule has 1 saturated carbocycles. The van der Waals surface area contributed by atoms with Crippen molar-refractivity contribution in [2.75, 3.05) is 11.1 Å². The molecule has 4 heteroatoms. The van der Waals surface area contributed by atoms with Gasteiger partial charge in [0.2, 0.25) is 0 Å². The molecule has 78 valence electrons. The zero-order chi connectivity index (χ0) is 10.8. The molecule has 2 rings (SSSR count). The van der Waals surface area contributed by atoms with E-state index in [1.165, 1.54) is 19.0 Å². The van der Waals surface area contributed by atoms with E-state index in [0.717, 1.165) is 5.92 Å². The lowest BCUT2D eigenvalue weighted by Crippen LogP contribution is -2.19. The fraction of sp³-hybridized carbons (Fsp3) is 0.455. The third-order valence-electron chi connectivity index (χ3n) is 2.74. The van der Waals surface area contributed by atoms with Gasteiger partial charge in [0.25, 0.3) is 0 Å². The fourth-order valence-electron chi connectivity index (χ4n) is 1.59. The summed E-state index contributed by atoms with van der Waals surface area (Å²) in [6.07, 6.45) is 4.10. The van der Waals surface area contributed by atoms with E-state index in [2.05, 4.69) is 17.2 Å². The first-order chi connectivity index (χ1) is 7.20. The minimum absolute atomic E-state index is 0.410. The van der Waals surface area contributed by atoms with Gasteiger partial charge in [-0.2, -0.15) is 5.26 Å². The maximum absolute atomic E-state index is 8.67. The standard InChI is InChI=1S/C11H14N4/c1-7(9-2-3-9)15-11-10(13)4-8(5-12)6-14-11/h4,6-7,9H,2-3,13H2,1H3,(H,14,15). The Morgan fingerprint density at radius 1 is 1.67 bits per heavy atom. The smallest absolute Gasteiger partial charge is 0.149 e. The SMILES string of the molecule is CC(Nc1ncc(C#N)cc1N)C1CC1. The predicted octanol–water partition coefficient (Wildman–Crippen LogP) is 1.75. The van der Waals surface area contributed by atoms with Gasteiger partial charge in [-0.25, -0.2) is 4.98 Å². The lowest BCUT2D eigenvalue weighted by atomic mass is 10.2. The third kappa shape index (κ3) is 2.18. The zero-order valence-corrected chi connectivity index (χ0v) is 8.70. The quantitative estimate of drug-likeness (QED) is 0.783. The molecule has 0 aliphatic heterocycles. The van der Waals surface area contributed by atoms with Crippen LogP contribution in [0.2, 0.25) is 0 Å². The number of hydrogen-bond acceptors (Lipinski definition) is 4. The van der Waals surface area contributed by atoms with E-state index in [1.807, 2.05) is 6.07 Å². The van der Waals surface area contributed by atoms with Gasteiger partial charge in [-0.15, -0.1) is 0 Å². The molecule has 1 aliphatic rings.